The molecular weight excluding hydrogens is 323 g/mol. The zero-order valence-electron chi connectivity index (χ0n) is 9.31. The summed E-state index contributed by atoms with van der Waals surface area (Å²) in [6.07, 6.45) is 5.37. The third kappa shape index (κ3) is 1.59. The molecule has 0 unspecified atom stereocenters. The van der Waals surface area contributed by atoms with Crippen LogP contribution in [0.5, 0.6) is 0 Å². The molecule has 0 aliphatic heterocycles. The van der Waals surface area contributed by atoms with Gasteiger partial charge in [-0.05, 0) is 0 Å². The fourth-order valence-electron chi connectivity index (χ4n) is 2.04. The Morgan fingerprint density at radius 1 is 0.765 bits per heavy atom. The van der Waals surface area contributed by atoms with E-state index in [0.717, 1.165) is 0 Å². The van der Waals surface area contributed by atoms with E-state index >= 15 is 0 Å². The zero-order chi connectivity index (χ0) is 11.7. The van der Waals surface area contributed by atoms with Crippen molar-refractivity contribution in [2.24, 2.45) is 0 Å². The van der Waals surface area contributed by atoms with Crippen molar-refractivity contribution in [3.63, 3.8) is 0 Å². The number of nitrogens with zero attached hydrogens (tertiary/aromatic N) is 3. The average molecular weight is 335 g/mol. The molecule has 0 aliphatic carbocycles. The summed E-state index contributed by atoms with van der Waals surface area (Å²) in [7, 11) is 0. The average Bonchev–Trinajstić information content (AvgIpc) is 3.10. The molecule has 0 radical (unpaired) electrons. The molecule has 0 spiro atoms. The monoisotopic (exact) mass is 336 g/mol. The van der Waals surface area contributed by atoms with Crippen LogP contribution in [0.3, 0.4) is 0 Å². The van der Waals surface area contributed by atoms with Crippen LogP contribution in [0.1, 0.15) is 0 Å². The second kappa shape index (κ2) is 4.02. The van der Waals surface area contributed by atoms with E-state index in [1.807, 2.05) is 18.2 Å². The molecule has 7 heteroatoms. The van der Waals surface area contributed by atoms with E-state index in [4.69, 9.17) is 0 Å². The van der Waals surface area contributed by atoms with Gasteiger partial charge in [0.2, 0.25) is 0 Å². The topological polar surface area (TPSA) is 86.0 Å². The minimum absolute atomic E-state index is 1.19. The first-order valence-electron chi connectivity index (χ1n) is 5.31. The molecule has 0 saturated carbocycles. The number of H-pyrrole nitrogens is 3. The Balaban J connectivity index is 2.21. The van der Waals surface area contributed by atoms with Crippen LogP contribution < -0.4 is 11.1 Å². The van der Waals surface area contributed by atoms with Crippen molar-refractivity contribution >= 4 is 29.5 Å². The summed E-state index contributed by atoms with van der Waals surface area (Å²) in [6, 6.07) is 6.12. The molecule has 0 amide bonds. The van der Waals surface area contributed by atoms with Crippen LogP contribution in [-0.4, -0.2) is 49.0 Å². The minimum atomic E-state index is -2.94. The van der Waals surface area contributed by atoms with Gasteiger partial charge in [0, 0.05) is 0 Å². The molecule has 0 saturated heterocycles. The second-order valence-corrected chi connectivity index (χ2v) is 15.1. The molecule has 0 fully saturated rings. The molecular formula is C10H12N6Sn. The number of hydrogen-bond acceptors (Lipinski definition) is 3. The molecule has 0 bridgehead atoms. The third-order valence-electron chi connectivity index (χ3n) is 3.12. The van der Waals surface area contributed by atoms with Crippen LogP contribution in [0.2, 0.25) is 4.94 Å². The third-order valence-corrected chi connectivity index (χ3v) is 14.7. The molecule has 3 N–H and O–H groups in total. The first kappa shape index (κ1) is 10.6. The zero-order valence-corrected chi connectivity index (χ0v) is 12.2. The van der Waals surface area contributed by atoms with Crippen molar-refractivity contribution in [2.45, 2.75) is 4.94 Å². The van der Waals surface area contributed by atoms with E-state index in [9.17, 15) is 0 Å². The summed E-state index contributed by atoms with van der Waals surface area (Å²) in [5.74, 6) is 0. The Kier molecular flexibility index (Phi) is 2.50. The molecule has 3 aromatic heterocycles. The summed E-state index contributed by atoms with van der Waals surface area (Å²) in [5, 5.41) is 21.5. The Labute approximate surface area is 102 Å². The molecule has 6 nitrogen and oxygen atoms in total. The Bertz CT molecular complexity index is 484. The van der Waals surface area contributed by atoms with Crippen LogP contribution >= 0.6 is 0 Å². The van der Waals surface area contributed by atoms with E-state index in [1.165, 1.54) is 11.1 Å². The summed E-state index contributed by atoms with van der Waals surface area (Å²) in [4.78, 5) is 2.29. The fraction of sp³-hybridized carbons (Fsp3) is 0.100. The number of aromatic amines is 3. The molecule has 86 valence electrons. The van der Waals surface area contributed by atoms with Crippen molar-refractivity contribution < 1.29 is 0 Å². The van der Waals surface area contributed by atoms with Crippen LogP contribution in [0.4, 0.5) is 0 Å². The van der Waals surface area contributed by atoms with Crippen molar-refractivity contribution in [3.05, 3.63) is 36.8 Å². The van der Waals surface area contributed by atoms with E-state index in [-0.39, 0.29) is 0 Å². The van der Waals surface area contributed by atoms with Gasteiger partial charge in [0.25, 0.3) is 0 Å². The SMILES string of the molecule is [CH3][Sn]([c]1ccn[nH]1)([c]1ccn[nH]1)[c]1ccn[nH]1. The normalized spacial score (nSPS) is 11.8. The summed E-state index contributed by atoms with van der Waals surface area (Å²) in [6.45, 7) is 0. The molecule has 3 rings (SSSR count). The number of hydrogen-bond donors (Lipinski definition) is 3. The van der Waals surface area contributed by atoms with Crippen molar-refractivity contribution in [3.8, 4) is 0 Å². The predicted octanol–water partition coefficient (Wildman–Crippen LogP) is -1.04. The quantitative estimate of drug-likeness (QED) is 0.535. The molecule has 0 aromatic carbocycles. The van der Waals surface area contributed by atoms with Crippen molar-refractivity contribution in [1.29, 1.82) is 0 Å². The summed E-state index contributed by atoms with van der Waals surface area (Å²) in [5.41, 5.74) is 0. The number of rotatable bonds is 3. The Hall–Kier alpha value is -1.57. The van der Waals surface area contributed by atoms with Gasteiger partial charge in [0.15, 0.2) is 0 Å². The van der Waals surface area contributed by atoms with E-state index in [2.05, 4.69) is 35.5 Å². The van der Waals surface area contributed by atoms with Crippen molar-refractivity contribution in [2.75, 3.05) is 0 Å². The van der Waals surface area contributed by atoms with E-state index in [0.29, 0.717) is 0 Å². The second-order valence-electron chi connectivity index (χ2n) is 4.04. The van der Waals surface area contributed by atoms with Gasteiger partial charge in [-0.3, -0.25) is 0 Å². The van der Waals surface area contributed by atoms with Crippen LogP contribution in [0, 0.1) is 0 Å². The van der Waals surface area contributed by atoms with E-state index in [1.54, 1.807) is 18.6 Å². The summed E-state index contributed by atoms with van der Waals surface area (Å²) < 4.78 is 3.56. The molecule has 0 atom stereocenters. The van der Waals surface area contributed by atoms with Crippen molar-refractivity contribution in [1.82, 2.24) is 30.6 Å². The number of nitrogens with one attached hydrogen (secondary N) is 3. The van der Waals surface area contributed by atoms with Gasteiger partial charge in [-0.15, -0.1) is 0 Å². The molecule has 17 heavy (non-hydrogen) atoms. The van der Waals surface area contributed by atoms with Gasteiger partial charge in [0.05, 0.1) is 0 Å². The van der Waals surface area contributed by atoms with Gasteiger partial charge in [-0.1, -0.05) is 0 Å². The molecule has 0 aliphatic rings. The fourth-order valence-corrected chi connectivity index (χ4v) is 10.5. The molecule has 3 aromatic rings. The van der Waals surface area contributed by atoms with Gasteiger partial charge in [0.1, 0.15) is 0 Å². The maximum atomic E-state index is 4.07. The van der Waals surface area contributed by atoms with Gasteiger partial charge in [-0.2, -0.15) is 0 Å². The maximum absolute atomic E-state index is 4.07. The van der Waals surface area contributed by atoms with Crippen LogP contribution in [0.15, 0.2) is 36.8 Å². The van der Waals surface area contributed by atoms with Gasteiger partial charge < -0.3 is 0 Å². The Morgan fingerprint density at radius 3 is 1.35 bits per heavy atom. The first-order valence-corrected chi connectivity index (χ1v) is 12.4. The van der Waals surface area contributed by atoms with E-state index < -0.39 is 18.4 Å². The number of aromatic nitrogens is 6. The van der Waals surface area contributed by atoms with Gasteiger partial charge in [-0.25, -0.2) is 0 Å². The summed E-state index contributed by atoms with van der Waals surface area (Å²) >= 11 is -2.94. The van der Waals surface area contributed by atoms with Crippen LogP contribution in [-0.2, 0) is 0 Å². The van der Waals surface area contributed by atoms with Gasteiger partial charge >= 0.3 is 102 Å². The standard InChI is InChI=1S/3C3H3N2.CH3.Sn/c3*1-2-4-5-3-1;;/h3*1-2H,(H,4,5);1H3;. The van der Waals surface area contributed by atoms with Crippen LogP contribution in [0.25, 0.3) is 0 Å². The first-order chi connectivity index (χ1) is 8.32. The predicted molar refractivity (Wildman–Crippen MR) is 66.3 cm³/mol. The molecule has 3 heterocycles. The Morgan fingerprint density at radius 2 is 1.12 bits per heavy atom.